The van der Waals surface area contributed by atoms with E-state index in [4.69, 9.17) is 23.2 Å². The van der Waals surface area contributed by atoms with Crippen LogP contribution in [0.5, 0.6) is 0 Å². The Morgan fingerprint density at radius 1 is 1.12 bits per heavy atom. The van der Waals surface area contributed by atoms with E-state index in [2.05, 4.69) is 24.3 Å². The molecule has 0 saturated heterocycles. The van der Waals surface area contributed by atoms with Crippen LogP contribution in [0, 0.1) is 0 Å². The molecule has 0 amide bonds. The van der Waals surface area contributed by atoms with Gasteiger partial charge in [0.25, 0.3) is 0 Å². The number of alkyl halides is 2. The molecular formula is C13H14Cl2FeSi. The summed E-state index contributed by atoms with van der Waals surface area (Å²) in [6, 6.07) is 19.5. The minimum Gasteiger partial charge on any atom is -0.214 e. The molecule has 2 aromatic rings. The molecule has 0 unspecified atom stereocenters. The van der Waals surface area contributed by atoms with E-state index in [1.54, 1.807) is 0 Å². The Labute approximate surface area is 126 Å². The van der Waals surface area contributed by atoms with Gasteiger partial charge in [0, 0.05) is 0 Å². The second-order valence-electron chi connectivity index (χ2n) is 3.26. The predicted octanol–water partition coefficient (Wildman–Crippen LogP) is 4.23. The van der Waals surface area contributed by atoms with Gasteiger partial charge in [0.15, 0.2) is 0 Å². The summed E-state index contributed by atoms with van der Waals surface area (Å²) < 4.78 is -0.176. The summed E-state index contributed by atoms with van der Waals surface area (Å²) in [5, 5.41) is 0. The second-order valence-corrected chi connectivity index (χ2v) is 6.57. The first-order chi connectivity index (χ1) is 7.79. The monoisotopic (exact) mass is 324 g/mol. The van der Waals surface area contributed by atoms with Gasteiger partial charge in [0.1, 0.15) is 0 Å². The molecule has 0 fully saturated rings. The van der Waals surface area contributed by atoms with Crippen LogP contribution in [0.3, 0.4) is 0 Å². The summed E-state index contributed by atoms with van der Waals surface area (Å²) in [5.74, 6) is 0. The van der Waals surface area contributed by atoms with Crippen molar-refractivity contribution in [3.63, 3.8) is 0 Å². The molecule has 0 nitrogen and oxygen atoms in total. The van der Waals surface area contributed by atoms with Crippen LogP contribution in [0.1, 0.15) is 5.56 Å². The van der Waals surface area contributed by atoms with Crippen molar-refractivity contribution in [1.29, 1.82) is 0 Å². The molecule has 0 heterocycles. The van der Waals surface area contributed by atoms with E-state index in [9.17, 15) is 0 Å². The molecule has 0 N–H and O–H groups in total. The van der Waals surface area contributed by atoms with Crippen molar-refractivity contribution in [2.24, 2.45) is 0 Å². The number of rotatable bonds is 4. The molecule has 92 valence electrons. The predicted molar refractivity (Wildman–Crippen MR) is 73.8 cm³/mol. The van der Waals surface area contributed by atoms with Crippen LogP contribution >= 0.6 is 23.2 Å². The number of hydrogen-bond donors (Lipinski definition) is 0. The SMILES string of the molecule is ClC(Cl)[Si]CCc1ccc[cH-]1.[Fe+2].c1cc[cH-]c1. The molecule has 0 bridgehead atoms. The fourth-order valence-electron chi connectivity index (χ4n) is 1.23. The molecule has 2 rings (SSSR count). The minimum atomic E-state index is -0.176. The standard InChI is InChI=1S/C8H9Cl2Si.C5H5.Fe/c9-8(10)11-6-5-7-3-1-2-4-7;1-2-4-5-3-1;/h1-4,8H,5-6H2;1-5H;/q2*-1;+2. The quantitative estimate of drug-likeness (QED) is 0.448. The zero-order valence-electron chi connectivity index (χ0n) is 9.30. The second kappa shape index (κ2) is 11.1. The van der Waals surface area contributed by atoms with Gasteiger partial charge in [-0.3, -0.25) is 0 Å². The van der Waals surface area contributed by atoms with E-state index in [0.717, 1.165) is 12.5 Å². The van der Waals surface area contributed by atoms with Crippen molar-refractivity contribution in [3.05, 3.63) is 60.2 Å². The number of aryl methyl sites for hydroxylation is 1. The van der Waals surface area contributed by atoms with Crippen LogP contribution in [0.2, 0.25) is 6.04 Å². The van der Waals surface area contributed by atoms with Crippen molar-refractivity contribution in [2.75, 3.05) is 0 Å². The Morgan fingerprint density at radius 2 is 1.82 bits per heavy atom. The molecule has 0 spiro atoms. The van der Waals surface area contributed by atoms with Gasteiger partial charge in [-0.1, -0.05) is 12.5 Å². The molecule has 0 aliphatic carbocycles. The van der Waals surface area contributed by atoms with Gasteiger partial charge in [-0.05, 0) is 0 Å². The van der Waals surface area contributed by atoms with E-state index in [1.807, 2.05) is 30.3 Å². The normalized spacial score (nSPS) is 9.35. The first-order valence-electron chi connectivity index (χ1n) is 5.18. The Bertz CT molecular complexity index is 313. The van der Waals surface area contributed by atoms with E-state index in [0.29, 0.717) is 9.52 Å². The maximum Gasteiger partial charge on any atom is 2.00 e. The molecule has 2 aromatic carbocycles. The Hall–Kier alpha value is 0.0164. The van der Waals surface area contributed by atoms with Gasteiger partial charge in [0.2, 0.25) is 0 Å². The third-order valence-electron chi connectivity index (χ3n) is 2.00. The largest absolute Gasteiger partial charge is 2.00 e. The van der Waals surface area contributed by atoms with Crippen molar-refractivity contribution >= 4 is 32.7 Å². The topological polar surface area (TPSA) is 0 Å². The molecule has 4 heteroatoms. The van der Waals surface area contributed by atoms with Crippen molar-refractivity contribution in [1.82, 2.24) is 0 Å². The van der Waals surface area contributed by atoms with Crippen LogP contribution in [0.15, 0.2) is 54.6 Å². The Morgan fingerprint density at radius 3 is 2.24 bits per heavy atom. The van der Waals surface area contributed by atoms with Crippen LogP contribution in [-0.2, 0) is 23.5 Å². The molecule has 0 aromatic heterocycles. The average Bonchev–Trinajstić information content (AvgIpc) is 2.93. The van der Waals surface area contributed by atoms with Gasteiger partial charge >= 0.3 is 17.1 Å². The molecule has 0 aliphatic heterocycles. The molecule has 0 aliphatic rings. The summed E-state index contributed by atoms with van der Waals surface area (Å²) in [6.45, 7) is 0. The zero-order chi connectivity index (χ0) is 11.6. The number of hydrogen-bond acceptors (Lipinski definition) is 0. The van der Waals surface area contributed by atoms with Crippen molar-refractivity contribution in [3.8, 4) is 0 Å². The molecule has 0 saturated carbocycles. The summed E-state index contributed by atoms with van der Waals surface area (Å²) in [4.78, 5) is 0. The van der Waals surface area contributed by atoms with Gasteiger partial charge in [-0.2, -0.15) is 35.9 Å². The van der Waals surface area contributed by atoms with Crippen molar-refractivity contribution in [2.45, 2.75) is 16.9 Å². The maximum atomic E-state index is 5.60. The van der Waals surface area contributed by atoms with E-state index < -0.39 is 0 Å². The fourth-order valence-corrected chi connectivity index (χ4v) is 2.53. The van der Waals surface area contributed by atoms with E-state index in [-0.39, 0.29) is 21.5 Å². The third-order valence-corrected chi connectivity index (χ3v) is 3.77. The summed E-state index contributed by atoms with van der Waals surface area (Å²) in [6.07, 6.45) is 1.10. The first-order valence-corrected chi connectivity index (χ1v) is 7.33. The van der Waals surface area contributed by atoms with Crippen LogP contribution in [0.4, 0.5) is 0 Å². The maximum absolute atomic E-state index is 5.60. The van der Waals surface area contributed by atoms with Gasteiger partial charge in [0.05, 0.1) is 14.0 Å². The molecular weight excluding hydrogens is 311 g/mol. The van der Waals surface area contributed by atoms with E-state index >= 15 is 0 Å². The van der Waals surface area contributed by atoms with Crippen molar-refractivity contribution < 1.29 is 17.1 Å². The molecule has 17 heavy (non-hydrogen) atoms. The molecule has 2 radical (unpaired) electrons. The van der Waals surface area contributed by atoms with Gasteiger partial charge in [-0.15, -0.1) is 23.2 Å². The zero-order valence-corrected chi connectivity index (χ0v) is 12.9. The average molecular weight is 325 g/mol. The van der Waals surface area contributed by atoms with E-state index in [1.165, 1.54) is 5.56 Å². The summed E-state index contributed by atoms with van der Waals surface area (Å²) in [5.41, 5.74) is 1.38. The Kier molecular flexibility index (Phi) is 11.1. The van der Waals surface area contributed by atoms with Crippen LogP contribution < -0.4 is 0 Å². The van der Waals surface area contributed by atoms with Crippen LogP contribution in [0.25, 0.3) is 0 Å². The smallest absolute Gasteiger partial charge is 0.214 e. The minimum absolute atomic E-state index is 0. The summed E-state index contributed by atoms with van der Waals surface area (Å²) in [7, 11) is 0.658. The molecule has 0 atom stereocenters. The van der Waals surface area contributed by atoms with Crippen LogP contribution in [-0.4, -0.2) is 14.0 Å². The summed E-state index contributed by atoms with van der Waals surface area (Å²) >= 11 is 11.2. The fraction of sp³-hybridized carbons (Fsp3) is 0.231. The first kappa shape index (κ1) is 17.0. The Balaban J connectivity index is 0.000000360. The third kappa shape index (κ3) is 9.69. The van der Waals surface area contributed by atoms with Gasteiger partial charge in [-0.25, -0.2) is 24.3 Å². The number of halogens is 2. The van der Waals surface area contributed by atoms with Gasteiger partial charge < -0.3 is 0 Å².